The van der Waals surface area contributed by atoms with Crippen LogP contribution in [0.5, 0.6) is 0 Å². The Morgan fingerprint density at radius 2 is 1.39 bits per heavy atom. The highest BCUT2D eigenvalue weighted by molar-refractivity contribution is 5.99. The molecule has 3 aromatic heterocycles. The summed E-state index contributed by atoms with van der Waals surface area (Å²) in [7, 11) is 0. The van der Waals surface area contributed by atoms with Gasteiger partial charge in [-0.25, -0.2) is 18.6 Å². The fourth-order valence-corrected chi connectivity index (χ4v) is 4.02. The molecular weight excluding hydrogens is 526 g/mol. The number of nitrogens with one attached hydrogen (secondary N) is 1. The third-order valence-corrected chi connectivity index (χ3v) is 6.29. The van der Waals surface area contributed by atoms with E-state index in [0.717, 1.165) is 34.6 Å². The number of aromatic nitrogens is 4. The quantitative estimate of drug-likeness (QED) is 0.170. The third kappa shape index (κ3) is 7.54. The van der Waals surface area contributed by atoms with Gasteiger partial charge in [0.15, 0.2) is 12.4 Å². The van der Waals surface area contributed by atoms with E-state index < -0.39 is 11.8 Å². The lowest BCUT2D eigenvalue weighted by molar-refractivity contribution is 0.0473. The number of halogens is 2. The molecule has 2 aromatic carbocycles. The second kappa shape index (κ2) is 13.8. The van der Waals surface area contributed by atoms with Crippen LogP contribution < -0.4 is 0 Å². The lowest BCUT2D eigenvalue weighted by atomic mass is 10.1. The fourth-order valence-electron chi connectivity index (χ4n) is 4.02. The molecule has 0 bridgehead atoms. The van der Waals surface area contributed by atoms with Crippen LogP contribution in [-0.4, -0.2) is 38.3 Å². The molecular formula is C32H28F2N4O3. The average molecular weight is 555 g/mol. The zero-order valence-corrected chi connectivity index (χ0v) is 22.6. The molecule has 0 aliphatic rings. The summed E-state index contributed by atoms with van der Waals surface area (Å²) in [5.74, 6) is -0.851. The minimum atomic E-state index is -0.588. The van der Waals surface area contributed by atoms with Crippen molar-refractivity contribution in [1.82, 2.24) is 19.9 Å². The van der Waals surface area contributed by atoms with Gasteiger partial charge >= 0.3 is 5.97 Å². The van der Waals surface area contributed by atoms with Crippen LogP contribution in [0.2, 0.25) is 0 Å². The highest BCUT2D eigenvalue weighted by Crippen LogP contribution is 2.24. The number of imidazole rings is 1. The predicted octanol–water partition coefficient (Wildman–Crippen LogP) is 6.66. The molecule has 0 spiro atoms. The van der Waals surface area contributed by atoms with Crippen molar-refractivity contribution >= 4 is 11.8 Å². The zero-order valence-electron chi connectivity index (χ0n) is 22.6. The summed E-state index contributed by atoms with van der Waals surface area (Å²) in [6.07, 6.45) is 9.96. The minimum Gasteiger partial charge on any atom is -0.454 e. The van der Waals surface area contributed by atoms with E-state index in [2.05, 4.69) is 26.9 Å². The van der Waals surface area contributed by atoms with Crippen molar-refractivity contribution in [2.75, 3.05) is 6.61 Å². The van der Waals surface area contributed by atoms with Crippen molar-refractivity contribution in [2.45, 2.75) is 26.7 Å². The fraction of sp³-hybridized carbons (Fsp3) is 0.156. The van der Waals surface area contributed by atoms with Crippen LogP contribution in [0.4, 0.5) is 8.78 Å². The minimum absolute atomic E-state index is 0.242. The van der Waals surface area contributed by atoms with Crippen molar-refractivity contribution < 1.29 is 23.1 Å². The molecule has 9 heteroatoms. The number of aryl methyl sites for hydroxylation is 2. The number of H-pyrrole nitrogens is 1. The number of ketones is 1. The van der Waals surface area contributed by atoms with Crippen LogP contribution in [0.15, 0.2) is 91.6 Å². The summed E-state index contributed by atoms with van der Waals surface area (Å²) in [5.41, 5.74) is 5.43. The first-order valence-corrected chi connectivity index (χ1v) is 13.0. The predicted molar refractivity (Wildman–Crippen MR) is 151 cm³/mol. The van der Waals surface area contributed by atoms with E-state index in [1.165, 1.54) is 48.2 Å². The first-order valence-electron chi connectivity index (χ1n) is 13.0. The number of Topliss-reactive ketones (excluding diaryl/α,β-unsaturated/α-hetero) is 1. The number of aromatic amines is 1. The normalized spacial score (nSPS) is 10.4. The van der Waals surface area contributed by atoms with Gasteiger partial charge in [-0.1, -0.05) is 13.8 Å². The van der Waals surface area contributed by atoms with E-state index in [-0.39, 0.29) is 18.2 Å². The molecule has 208 valence electrons. The van der Waals surface area contributed by atoms with Gasteiger partial charge in [0.05, 0.1) is 17.5 Å². The van der Waals surface area contributed by atoms with E-state index >= 15 is 0 Å². The Morgan fingerprint density at radius 1 is 0.780 bits per heavy atom. The van der Waals surface area contributed by atoms with E-state index in [9.17, 15) is 18.4 Å². The molecule has 7 nitrogen and oxygen atoms in total. The number of ether oxygens (including phenoxy) is 1. The first kappa shape index (κ1) is 28.9. The van der Waals surface area contributed by atoms with Crippen LogP contribution in [0.25, 0.3) is 22.6 Å². The molecule has 41 heavy (non-hydrogen) atoms. The highest BCUT2D eigenvalue weighted by Gasteiger charge is 2.15. The number of hydrogen-bond donors (Lipinski definition) is 1. The molecule has 0 aliphatic carbocycles. The monoisotopic (exact) mass is 554 g/mol. The number of carbonyl (C=O) groups is 2. The number of esters is 1. The Hall–Kier alpha value is -5.05. The number of benzene rings is 2. The van der Waals surface area contributed by atoms with Gasteiger partial charge in [0.1, 0.15) is 17.5 Å². The molecule has 0 saturated carbocycles. The summed E-state index contributed by atoms with van der Waals surface area (Å²) in [4.78, 5) is 39.5. The van der Waals surface area contributed by atoms with E-state index in [0.29, 0.717) is 17.5 Å². The van der Waals surface area contributed by atoms with Crippen LogP contribution in [-0.2, 0) is 17.6 Å². The second-order valence-corrected chi connectivity index (χ2v) is 8.93. The molecule has 0 atom stereocenters. The molecule has 0 unspecified atom stereocenters. The van der Waals surface area contributed by atoms with Crippen molar-refractivity contribution in [1.29, 1.82) is 0 Å². The smallest absolute Gasteiger partial charge is 0.340 e. The van der Waals surface area contributed by atoms with E-state index in [1.54, 1.807) is 36.8 Å². The molecule has 5 aromatic rings. The van der Waals surface area contributed by atoms with Gasteiger partial charge in [-0.3, -0.25) is 14.8 Å². The zero-order chi connectivity index (χ0) is 29.2. The van der Waals surface area contributed by atoms with Crippen LogP contribution in [0.1, 0.15) is 45.7 Å². The summed E-state index contributed by atoms with van der Waals surface area (Å²) in [5, 5.41) is 0. The summed E-state index contributed by atoms with van der Waals surface area (Å²) < 4.78 is 30.7. The highest BCUT2D eigenvalue weighted by atomic mass is 19.1. The summed E-state index contributed by atoms with van der Waals surface area (Å²) in [6, 6.07) is 15.2. The molecule has 0 saturated heterocycles. The number of hydrogen-bond acceptors (Lipinski definition) is 6. The number of rotatable bonds is 8. The third-order valence-electron chi connectivity index (χ3n) is 6.29. The SMILES string of the molecule is CCc1ccncc1-c1ncc(-c2ccc(F)cc2)[nH]1.CCc1ccncc1C(=O)OCC(=O)c1ccc(F)cc1. The van der Waals surface area contributed by atoms with Gasteiger partial charge < -0.3 is 9.72 Å². The Balaban J connectivity index is 0.000000189. The van der Waals surface area contributed by atoms with Crippen LogP contribution >= 0.6 is 0 Å². The lowest BCUT2D eigenvalue weighted by Gasteiger charge is -2.07. The van der Waals surface area contributed by atoms with Gasteiger partial charge in [0.2, 0.25) is 0 Å². The number of nitrogens with zero attached hydrogens (tertiary/aromatic N) is 3. The van der Waals surface area contributed by atoms with E-state index in [1.807, 2.05) is 19.2 Å². The molecule has 0 amide bonds. The number of pyridine rings is 2. The summed E-state index contributed by atoms with van der Waals surface area (Å²) >= 11 is 0. The van der Waals surface area contributed by atoms with Gasteiger partial charge in [0.25, 0.3) is 0 Å². The van der Waals surface area contributed by atoms with Crippen molar-refractivity contribution in [3.63, 3.8) is 0 Å². The van der Waals surface area contributed by atoms with Crippen molar-refractivity contribution in [2.24, 2.45) is 0 Å². The standard InChI is InChI=1S/C16H14FN3.C16H14FNO3/c1-2-11-7-8-18-9-14(11)16-19-10-15(20-16)12-3-5-13(17)6-4-12;1-2-11-7-8-18-9-14(11)16(20)21-10-15(19)12-3-5-13(17)6-4-12/h3-10H,2H2,1H3,(H,19,20);3-9H,2,10H2,1H3. The largest absolute Gasteiger partial charge is 0.454 e. The maximum atomic E-state index is 12.9. The Kier molecular flexibility index (Phi) is 9.77. The lowest BCUT2D eigenvalue weighted by Crippen LogP contribution is -2.15. The molecule has 0 radical (unpaired) electrons. The molecule has 5 rings (SSSR count). The maximum Gasteiger partial charge on any atom is 0.340 e. The second-order valence-electron chi connectivity index (χ2n) is 8.93. The van der Waals surface area contributed by atoms with Crippen molar-refractivity contribution in [3.8, 4) is 22.6 Å². The van der Waals surface area contributed by atoms with E-state index in [4.69, 9.17) is 4.74 Å². The van der Waals surface area contributed by atoms with Crippen LogP contribution in [0.3, 0.4) is 0 Å². The Labute approximate surface area is 236 Å². The van der Waals surface area contributed by atoms with Gasteiger partial charge in [-0.15, -0.1) is 0 Å². The maximum absolute atomic E-state index is 12.9. The Bertz CT molecular complexity index is 1620. The summed E-state index contributed by atoms with van der Waals surface area (Å²) in [6.45, 7) is 3.63. The van der Waals surface area contributed by atoms with Gasteiger partial charge in [-0.05, 0) is 90.2 Å². The first-order chi connectivity index (χ1) is 19.9. The van der Waals surface area contributed by atoms with Crippen LogP contribution in [0, 0.1) is 11.6 Å². The van der Waals surface area contributed by atoms with Gasteiger partial charge in [0, 0.05) is 35.9 Å². The Morgan fingerprint density at radius 3 is 2.05 bits per heavy atom. The number of carbonyl (C=O) groups excluding carboxylic acids is 2. The molecule has 3 heterocycles. The molecule has 0 aliphatic heterocycles. The molecule has 1 N–H and O–H groups in total. The topological polar surface area (TPSA) is 97.8 Å². The van der Waals surface area contributed by atoms with Gasteiger partial charge in [-0.2, -0.15) is 0 Å². The van der Waals surface area contributed by atoms with Crippen molar-refractivity contribution in [3.05, 3.63) is 126 Å². The average Bonchev–Trinajstić information content (AvgIpc) is 3.51. The molecule has 0 fully saturated rings.